The number of hydrogen-bond acceptors (Lipinski definition) is 6. The summed E-state index contributed by atoms with van der Waals surface area (Å²) in [4.78, 5) is 13.7. The van der Waals surface area contributed by atoms with E-state index in [9.17, 15) is 4.79 Å². The molecule has 2 aromatic heterocycles. The van der Waals surface area contributed by atoms with Crippen molar-refractivity contribution in [3.05, 3.63) is 63.6 Å². The minimum Gasteiger partial charge on any atom is -0.465 e. The molecule has 0 unspecified atom stereocenters. The molecule has 0 aliphatic rings. The Labute approximate surface area is 169 Å². The number of carbonyl (C=O) groups excluding carboxylic acids is 1. The maximum atomic E-state index is 11.7. The van der Waals surface area contributed by atoms with Gasteiger partial charge in [-0.15, -0.1) is 0 Å². The summed E-state index contributed by atoms with van der Waals surface area (Å²) in [5.74, 6) is 0.830. The lowest BCUT2D eigenvalue weighted by atomic mass is 10.1. The molecule has 0 aliphatic carbocycles. The Morgan fingerprint density at radius 3 is 2.71 bits per heavy atom. The van der Waals surface area contributed by atoms with Crippen molar-refractivity contribution in [2.45, 2.75) is 34.0 Å². The molecule has 8 heteroatoms. The van der Waals surface area contributed by atoms with E-state index in [2.05, 4.69) is 37.1 Å². The van der Waals surface area contributed by atoms with Crippen LogP contribution in [0.5, 0.6) is 0 Å². The Kier molecular flexibility index (Phi) is 5.81. The summed E-state index contributed by atoms with van der Waals surface area (Å²) in [6.45, 7) is 6.87. The molecule has 3 rings (SSSR count). The number of carbonyl (C=O) groups is 1. The molecule has 0 radical (unpaired) electrons. The molecular formula is C20H24N4O3S. The van der Waals surface area contributed by atoms with Gasteiger partial charge in [0.25, 0.3) is 0 Å². The van der Waals surface area contributed by atoms with E-state index in [4.69, 9.17) is 21.4 Å². The van der Waals surface area contributed by atoms with E-state index in [0.29, 0.717) is 35.1 Å². The van der Waals surface area contributed by atoms with Crippen LogP contribution in [0, 0.1) is 25.5 Å². The zero-order chi connectivity index (χ0) is 20.4. The molecule has 0 atom stereocenters. The second kappa shape index (κ2) is 8.12. The fourth-order valence-electron chi connectivity index (χ4n) is 3.15. The number of aromatic nitrogens is 3. The smallest absolute Gasteiger partial charge is 0.341 e. The fraction of sp³-hybridized carbons (Fsp3) is 0.350. The predicted molar refractivity (Wildman–Crippen MR) is 108 cm³/mol. The van der Waals surface area contributed by atoms with Crippen molar-refractivity contribution in [3.8, 4) is 5.69 Å². The molecule has 0 fully saturated rings. The summed E-state index contributed by atoms with van der Waals surface area (Å²) in [5, 5.41) is 4.43. The SMILES string of the molecule is COC(=O)c1cc(CN(C)Cn2ncn(-c3ccc(C)cc3C)c2=S)oc1C. The topological polar surface area (TPSA) is 65.4 Å². The average Bonchev–Trinajstić information content (AvgIpc) is 3.17. The van der Waals surface area contributed by atoms with Gasteiger partial charge >= 0.3 is 5.97 Å². The maximum absolute atomic E-state index is 11.7. The largest absolute Gasteiger partial charge is 0.465 e. The van der Waals surface area contributed by atoms with Gasteiger partial charge in [-0.2, -0.15) is 5.10 Å². The molecule has 28 heavy (non-hydrogen) atoms. The molecule has 2 heterocycles. The molecule has 0 saturated heterocycles. The van der Waals surface area contributed by atoms with E-state index in [1.54, 1.807) is 24.0 Å². The molecule has 1 aromatic carbocycles. The number of rotatable bonds is 6. The van der Waals surface area contributed by atoms with Gasteiger partial charge in [-0.05, 0) is 57.7 Å². The Morgan fingerprint density at radius 2 is 2.04 bits per heavy atom. The molecule has 0 amide bonds. The van der Waals surface area contributed by atoms with Crippen LogP contribution in [0.15, 0.2) is 35.0 Å². The van der Waals surface area contributed by atoms with Gasteiger partial charge in [0.2, 0.25) is 4.77 Å². The molecule has 7 nitrogen and oxygen atoms in total. The van der Waals surface area contributed by atoms with E-state index >= 15 is 0 Å². The summed E-state index contributed by atoms with van der Waals surface area (Å²) in [7, 11) is 3.29. The van der Waals surface area contributed by atoms with Crippen LogP contribution >= 0.6 is 12.2 Å². The number of nitrogens with zero attached hydrogens (tertiary/aromatic N) is 4. The molecule has 0 spiro atoms. The second-order valence-corrected chi connectivity index (χ2v) is 7.27. The van der Waals surface area contributed by atoms with Gasteiger partial charge in [0.05, 0.1) is 26.0 Å². The molecule has 0 aliphatic heterocycles. The summed E-state index contributed by atoms with van der Waals surface area (Å²) >= 11 is 5.61. The predicted octanol–water partition coefficient (Wildman–Crippen LogP) is 3.80. The van der Waals surface area contributed by atoms with E-state index in [1.165, 1.54) is 12.7 Å². The van der Waals surface area contributed by atoms with Crippen molar-refractivity contribution in [1.29, 1.82) is 0 Å². The number of aryl methyl sites for hydroxylation is 3. The first-order chi connectivity index (χ1) is 13.3. The number of furan rings is 1. The quantitative estimate of drug-likeness (QED) is 0.463. The van der Waals surface area contributed by atoms with Crippen LogP contribution in [0.2, 0.25) is 0 Å². The first-order valence-corrected chi connectivity index (χ1v) is 9.29. The molecule has 0 bridgehead atoms. The van der Waals surface area contributed by atoms with Crippen LogP contribution in [-0.4, -0.2) is 39.4 Å². The Bertz CT molecular complexity index is 1060. The Balaban J connectivity index is 1.75. The van der Waals surface area contributed by atoms with Crippen LogP contribution in [0.3, 0.4) is 0 Å². The number of ether oxygens (including phenoxy) is 1. The number of benzene rings is 1. The summed E-state index contributed by atoms with van der Waals surface area (Å²) < 4.78 is 14.7. The van der Waals surface area contributed by atoms with Gasteiger partial charge < -0.3 is 9.15 Å². The van der Waals surface area contributed by atoms with Gasteiger partial charge in [0.1, 0.15) is 23.4 Å². The molecule has 0 saturated carbocycles. The zero-order valence-electron chi connectivity index (χ0n) is 16.7. The highest BCUT2D eigenvalue weighted by Gasteiger charge is 2.16. The highest BCUT2D eigenvalue weighted by molar-refractivity contribution is 7.71. The summed E-state index contributed by atoms with van der Waals surface area (Å²) in [6.07, 6.45) is 1.74. The first kappa shape index (κ1) is 20.0. The van der Waals surface area contributed by atoms with Gasteiger partial charge in [-0.3, -0.25) is 9.47 Å². The van der Waals surface area contributed by atoms with E-state index in [1.807, 2.05) is 16.5 Å². The van der Waals surface area contributed by atoms with E-state index < -0.39 is 5.97 Å². The van der Waals surface area contributed by atoms with Crippen molar-refractivity contribution in [2.75, 3.05) is 14.2 Å². The van der Waals surface area contributed by atoms with Crippen molar-refractivity contribution in [2.24, 2.45) is 0 Å². The summed E-state index contributed by atoms with van der Waals surface area (Å²) in [6, 6.07) is 7.95. The van der Waals surface area contributed by atoms with E-state index in [-0.39, 0.29) is 0 Å². The standard InChI is InChI=1S/C20H24N4O3S/c1-13-6-7-18(14(2)8-13)23-11-21-24(20(23)28)12-22(4)10-16-9-17(15(3)27-16)19(25)26-5/h6-9,11H,10,12H2,1-5H3. The normalized spacial score (nSPS) is 11.2. The number of methoxy groups -OCH3 is 1. The van der Waals surface area contributed by atoms with Crippen molar-refractivity contribution < 1.29 is 13.9 Å². The lowest BCUT2D eigenvalue weighted by Crippen LogP contribution is -2.22. The Hall–Kier alpha value is -2.71. The van der Waals surface area contributed by atoms with Crippen LogP contribution in [-0.2, 0) is 18.0 Å². The first-order valence-electron chi connectivity index (χ1n) is 8.88. The number of hydrogen-bond donors (Lipinski definition) is 0. The van der Waals surface area contributed by atoms with Crippen LogP contribution in [0.4, 0.5) is 0 Å². The third-order valence-corrected chi connectivity index (χ3v) is 4.93. The monoisotopic (exact) mass is 400 g/mol. The van der Waals surface area contributed by atoms with Crippen LogP contribution in [0.25, 0.3) is 5.69 Å². The van der Waals surface area contributed by atoms with Crippen LogP contribution in [0.1, 0.15) is 33.0 Å². The lowest BCUT2D eigenvalue weighted by molar-refractivity contribution is 0.0599. The highest BCUT2D eigenvalue weighted by Crippen LogP contribution is 2.18. The van der Waals surface area contributed by atoms with Gasteiger partial charge in [0, 0.05) is 0 Å². The second-order valence-electron chi connectivity index (χ2n) is 6.90. The van der Waals surface area contributed by atoms with Crippen LogP contribution < -0.4 is 0 Å². The lowest BCUT2D eigenvalue weighted by Gasteiger charge is -2.15. The maximum Gasteiger partial charge on any atom is 0.341 e. The van der Waals surface area contributed by atoms with Crippen molar-refractivity contribution in [1.82, 2.24) is 19.2 Å². The zero-order valence-corrected chi connectivity index (χ0v) is 17.5. The Morgan fingerprint density at radius 1 is 1.29 bits per heavy atom. The van der Waals surface area contributed by atoms with Gasteiger partial charge in [-0.25, -0.2) is 9.48 Å². The minimum absolute atomic E-state index is 0.399. The van der Waals surface area contributed by atoms with Crippen molar-refractivity contribution in [3.63, 3.8) is 0 Å². The molecule has 148 valence electrons. The summed E-state index contributed by atoms with van der Waals surface area (Å²) in [5.41, 5.74) is 3.82. The number of esters is 1. The van der Waals surface area contributed by atoms with Gasteiger partial charge in [0.15, 0.2) is 0 Å². The fourth-order valence-corrected chi connectivity index (χ4v) is 3.40. The van der Waals surface area contributed by atoms with E-state index in [0.717, 1.165) is 11.3 Å². The molecule has 3 aromatic rings. The molecular weight excluding hydrogens is 376 g/mol. The average molecular weight is 401 g/mol. The van der Waals surface area contributed by atoms with Crippen molar-refractivity contribution >= 4 is 18.2 Å². The molecule has 0 N–H and O–H groups in total. The highest BCUT2D eigenvalue weighted by atomic mass is 32.1. The third-order valence-electron chi connectivity index (χ3n) is 4.52. The minimum atomic E-state index is -0.399. The van der Waals surface area contributed by atoms with Gasteiger partial charge in [-0.1, -0.05) is 17.7 Å². The third kappa shape index (κ3) is 4.07.